The molecule has 5 nitrogen and oxygen atoms in total. The van der Waals surface area contributed by atoms with Crippen LogP contribution in [0.3, 0.4) is 0 Å². The molecule has 1 unspecified atom stereocenters. The summed E-state index contributed by atoms with van der Waals surface area (Å²) in [5, 5.41) is 6.86. The average molecular weight is 594 g/mol. The first-order valence-electron chi connectivity index (χ1n) is 13.6. The van der Waals surface area contributed by atoms with Crippen molar-refractivity contribution in [1.82, 2.24) is 5.32 Å². The second-order valence-electron chi connectivity index (χ2n) is 10.2. The van der Waals surface area contributed by atoms with Crippen LogP contribution in [0.1, 0.15) is 46.7 Å². The first-order valence-corrected chi connectivity index (χ1v) is 19.3. The van der Waals surface area contributed by atoms with E-state index in [2.05, 4.69) is 115 Å². The Bertz CT molecular complexity index is 1180. The number of amides is 1. The van der Waals surface area contributed by atoms with Gasteiger partial charge in [0.05, 0.1) is 5.67 Å². The number of rotatable bonds is 13. The van der Waals surface area contributed by atoms with Crippen LogP contribution >= 0.6 is 0 Å². The molecule has 39 heavy (non-hydrogen) atoms. The molecular weight excluding hydrogens is 551 g/mol. The maximum absolute atomic E-state index is 12.6. The standard InChI is InChI=1S/C30H43NO4Si4/c1-9-29(32)31-30(10-2)39(33-36-26-17-11-14-20(3)23(26)6,34-37-27-18-12-15-21(4)24(27)7)35-38-28-19-13-16-22(5)25(28)8/h9,11-19,30H,1,10,36-38H2,2-8H3,(H,31,32). The highest BCUT2D eigenvalue weighted by molar-refractivity contribution is 6.79. The van der Waals surface area contributed by atoms with Crippen LogP contribution in [0.2, 0.25) is 0 Å². The number of hydrogen-bond donors (Lipinski definition) is 1. The zero-order valence-corrected chi connectivity index (χ0v) is 29.8. The number of hydrogen-bond acceptors (Lipinski definition) is 4. The highest BCUT2D eigenvalue weighted by atomic mass is 28.5. The average Bonchev–Trinajstić information content (AvgIpc) is 2.93. The topological polar surface area (TPSA) is 56.8 Å². The van der Waals surface area contributed by atoms with Crippen molar-refractivity contribution in [3.63, 3.8) is 0 Å². The Kier molecular flexibility index (Phi) is 11.4. The van der Waals surface area contributed by atoms with Crippen molar-refractivity contribution in [2.75, 3.05) is 0 Å². The maximum Gasteiger partial charge on any atom is 0.492 e. The van der Waals surface area contributed by atoms with E-state index in [1.165, 1.54) is 55.0 Å². The van der Waals surface area contributed by atoms with Gasteiger partial charge in [0.1, 0.15) is 0 Å². The number of nitrogens with one attached hydrogen (secondary N) is 1. The van der Waals surface area contributed by atoms with E-state index in [1.54, 1.807) is 0 Å². The molecule has 9 heteroatoms. The molecule has 0 fully saturated rings. The van der Waals surface area contributed by atoms with Crippen LogP contribution in [0, 0.1) is 41.5 Å². The van der Waals surface area contributed by atoms with E-state index in [4.69, 9.17) is 12.3 Å². The van der Waals surface area contributed by atoms with Crippen LogP contribution in [-0.2, 0) is 17.1 Å². The molecular formula is C30H43NO4Si4. The third-order valence-corrected chi connectivity index (χ3v) is 19.0. The summed E-state index contributed by atoms with van der Waals surface area (Å²) in [6.07, 6.45) is 1.96. The van der Waals surface area contributed by atoms with E-state index in [9.17, 15) is 4.79 Å². The zero-order chi connectivity index (χ0) is 28.6. The van der Waals surface area contributed by atoms with Gasteiger partial charge in [0.25, 0.3) is 0 Å². The molecule has 0 aliphatic carbocycles. The minimum absolute atomic E-state index is 0.232. The number of carbonyl (C=O) groups excluding carboxylic acids is 1. The maximum atomic E-state index is 12.6. The van der Waals surface area contributed by atoms with E-state index >= 15 is 0 Å². The van der Waals surface area contributed by atoms with Crippen molar-refractivity contribution >= 4 is 59.6 Å². The second-order valence-corrected chi connectivity index (χ2v) is 18.7. The third-order valence-electron chi connectivity index (χ3n) is 7.77. The zero-order valence-electron chi connectivity index (χ0n) is 24.5. The van der Waals surface area contributed by atoms with Gasteiger partial charge in [0.15, 0.2) is 29.3 Å². The predicted octanol–water partition coefficient (Wildman–Crippen LogP) is 1.67. The molecule has 0 aliphatic heterocycles. The highest BCUT2D eigenvalue weighted by Gasteiger charge is 2.49. The van der Waals surface area contributed by atoms with Crippen LogP contribution in [0.5, 0.6) is 0 Å². The summed E-state index contributed by atoms with van der Waals surface area (Å²) >= 11 is 0. The molecule has 3 aromatic rings. The van der Waals surface area contributed by atoms with E-state index in [0.717, 1.165) is 0 Å². The summed E-state index contributed by atoms with van der Waals surface area (Å²) < 4.78 is 21.0. The van der Waals surface area contributed by atoms with Crippen molar-refractivity contribution in [1.29, 1.82) is 0 Å². The molecule has 1 atom stereocenters. The number of carbonyl (C=O) groups is 1. The molecule has 0 aromatic heterocycles. The number of benzene rings is 3. The van der Waals surface area contributed by atoms with Gasteiger partial charge in [-0.15, -0.1) is 0 Å². The minimum Gasteiger partial charge on any atom is -0.417 e. The highest BCUT2D eigenvalue weighted by Crippen LogP contribution is 2.19. The van der Waals surface area contributed by atoms with Crippen LogP contribution in [0.4, 0.5) is 0 Å². The quantitative estimate of drug-likeness (QED) is 0.242. The lowest BCUT2D eigenvalue weighted by atomic mass is 10.1. The summed E-state index contributed by atoms with van der Waals surface area (Å²) in [5.74, 6) is -0.232. The second kappa shape index (κ2) is 14.3. The van der Waals surface area contributed by atoms with Gasteiger partial charge in [0.2, 0.25) is 5.91 Å². The molecule has 0 aliphatic rings. The van der Waals surface area contributed by atoms with Crippen LogP contribution < -0.4 is 20.9 Å². The molecule has 0 heterocycles. The molecule has 208 valence electrons. The Balaban J connectivity index is 2.05. The minimum atomic E-state index is -3.37. The van der Waals surface area contributed by atoms with E-state index in [-0.39, 0.29) is 11.6 Å². The van der Waals surface area contributed by atoms with Crippen LogP contribution in [0.15, 0.2) is 67.3 Å². The fourth-order valence-corrected chi connectivity index (χ4v) is 17.5. The normalized spacial score (nSPS) is 14.4. The first kappa shape index (κ1) is 31.1. The fraction of sp³-hybridized carbons (Fsp3) is 0.300. The molecule has 0 saturated carbocycles. The van der Waals surface area contributed by atoms with Crippen LogP contribution in [-0.4, -0.2) is 49.7 Å². The first-order chi connectivity index (χ1) is 18.6. The van der Waals surface area contributed by atoms with Gasteiger partial charge >= 0.3 is 8.80 Å². The molecule has 0 radical (unpaired) electrons. The molecule has 3 rings (SSSR count). The van der Waals surface area contributed by atoms with E-state index in [1.807, 2.05) is 0 Å². The Morgan fingerprint density at radius 1 is 0.769 bits per heavy atom. The van der Waals surface area contributed by atoms with Gasteiger partial charge in [-0.25, -0.2) is 0 Å². The third kappa shape index (κ3) is 7.85. The lowest BCUT2D eigenvalue weighted by Gasteiger charge is -2.37. The Hall–Kier alpha value is -2.38. The molecule has 0 saturated heterocycles. The number of aryl methyl sites for hydroxylation is 3. The molecule has 3 aromatic carbocycles. The van der Waals surface area contributed by atoms with Gasteiger partial charge in [-0.3, -0.25) is 4.79 Å². The monoisotopic (exact) mass is 593 g/mol. The van der Waals surface area contributed by atoms with Gasteiger partial charge in [-0.1, -0.05) is 68.1 Å². The molecule has 0 spiro atoms. The summed E-state index contributed by atoms with van der Waals surface area (Å²) in [6.45, 7) is 18.6. The SMILES string of the molecule is C=CC(=O)NC(CC)[Si](O[SiH2]c1cccc(C)c1C)(O[SiH2]c1cccc(C)c1C)O[SiH2]c1cccc(C)c1C. The van der Waals surface area contributed by atoms with Crippen molar-refractivity contribution < 1.29 is 17.1 Å². The van der Waals surface area contributed by atoms with Gasteiger partial charge in [-0.2, -0.15) is 0 Å². The fourth-order valence-electron chi connectivity index (χ4n) is 4.54. The summed E-state index contributed by atoms with van der Waals surface area (Å²) in [4.78, 5) is 12.6. The molecule has 0 bridgehead atoms. The lowest BCUT2D eigenvalue weighted by molar-refractivity contribution is -0.117. The molecule has 1 N–H and O–H groups in total. The molecule has 1 amide bonds. The lowest BCUT2D eigenvalue weighted by Crippen LogP contribution is -2.66. The van der Waals surface area contributed by atoms with E-state index < -0.39 is 38.1 Å². The van der Waals surface area contributed by atoms with Crippen molar-refractivity contribution in [2.24, 2.45) is 0 Å². The Morgan fingerprint density at radius 3 is 1.44 bits per heavy atom. The van der Waals surface area contributed by atoms with E-state index in [0.29, 0.717) is 6.42 Å². The Labute approximate surface area is 242 Å². The van der Waals surface area contributed by atoms with Gasteiger partial charge in [-0.05, 0) is 103 Å². The van der Waals surface area contributed by atoms with Crippen LogP contribution in [0.25, 0.3) is 0 Å². The van der Waals surface area contributed by atoms with Crippen molar-refractivity contribution in [3.05, 3.63) is 101 Å². The van der Waals surface area contributed by atoms with Crippen molar-refractivity contribution in [3.8, 4) is 0 Å². The Morgan fingerprint density at radius 2 is 1.13 bits per heavy atom. The summed E-state index contributed by atoms with van der Waals surface area (Å²) in [7, 11) is -7.01. The van der Waals surface area contributed by atoms with Crippen molar-refractivity contribution in [2.45, 2.75) is 60.6 Å². The van der Waals surface area contributed by atoms with Gasteiger partial charge in [0, 0.05) is 0 Å². The predicted molar refractivity (Wildman–Crippen MR) is 174 cm³/mol. The smallest absolute Gasteiger partial charge is 0.417 e. The largest absolute Gasteiger partial charge is 0.492 e. The summed E-state index contributed by atoms with van der Waals surface area (Å²) in [6, 6.07) is 19.1. The van der Waals surface area contributed by atoms with Gasteiger partial charge < -0.3 is 17.7 Å². The summed E-state index contributed by atoms with van der Waals surface area (Å²) in [5.41, 5.74) is 7.17.